The Morgan fingerprint density at radius 1 is 1.27 bits per heavy atom. The molecule has 3 aromatic rings. The maximum Gasteiger partial charge on any atom is 0.316 e. The van der Waals surface area contributed by atoms with Gasteiger partial charge in [0.15, 0.2) is 11.2 Å². The van der Waals surface area contributed by atoms with Gasteiger partial charge in [-0.15, -0.1) is 5.10 Å². The van der Waals surface area contributed by atoms with Crippen LogP contribution in [0.15, 0.2) is 35.6 Å². The first kappa shape index (κ1) is 14.5. The molecule has 0 saturated heterocycles. The van der Waals surface area contributed by atoms with Crippen molar-refractivity contribution in [3.63, 3.8) is 0 Å². The summed E-state index contributed by atoms with van der Waals surface area (Å²) in [6.07, 6.45) is 1.40. The third kappa shape index (κ3) is 2.64. The highest BCUT2D eigenvalue weighted by Gasteiger charge is 2.19. The number of hydrogen-bond donors (Lipinski definition) is 1. The lowest BCUT2D eigenvalue weighted by atomic mass is 10.2. The van der Waals surface area contributed by atoms with Crippen LogP contribution in [0.3, 0.4) is 0 Å². The maximum absolute atomic E-state index is 11.0. The number of aryl methyl sites for hydroxylation is 1. The van der Waals surface area contributed by atoms with E-state index in [-0.39, 0.29) is 0 Å². The first-order chi connectivity index (χ1) is 10.6. The Hall–Kier alpha value is -2.48. The average molecular weight is 315 g/mol. The largest absolute Gasteiger partial charge is 0.480 e. The van der Waals surface area contributed by atoms with Gasteiger partial charge >= 0.3 is 5.97 Å². The summed E-state index contributed by atoms with van der Waals surface area (Å²) < 4.78 is 1.62. The normalized spacial score (nSPS) is 12.5. The lowest BCUT2D eigenvalue weighted by Crippen LogP contribution is -2.11. The minimum absolute atomic E-state index is 0.501. The van der Waals surface area contributed by atoms with Crippen LogP contribution in [-0.4, -0.2) is 41.3 Å². The van der Waals surface area contributed by atoms with Gasteiger partial charge in [0.2, 0.25) is 0 Å². The fraction of sp³-hybridized carbons (Fsp3) is 0.214. The zero-order chi connectivity index (χ0) is 15.7. The van der Waals surface area contributed by atoms with Gasteiger partial charge in [-0.1, -0.05) is 34.7 Å². The van der Waals surface area contributed by atoms with Gasteiger partial charge in [0, 0.05) is 0 Å². The van der Waals surface area contributed by atoms with E-state index in [1.807, 2.05) is 31.2 Å². The Labute approximate surface area is 130 Å². The molecule has 0 fully saturated rings. The molecule has 2 aromatic heterocycles. The topological polar surface area (TPSA) is 93.8 Å². The van der Waals surface area contributed by atoms with Gasteiger partial charge in [-0.3, -0.25) is 4.79 Å². The van der Waals surface area contributed by atoms with Crippen LogP contribution in [0.25, 0.3) is 16.9 Å². The Kier molecular flexibility index (Phi) is 3.76. The third-order valence-corrected chi connectivity index (χ3v) is 4.20. The number of aromatic nitrogens is 5. The third-order valence-electron chi connectivity index (χ3n) is 3.12. The summed E-state index contributed by atoms with van der Waals surface area (Å²) in [6.45, 7) is 3.61. The number of thioether (sulfide) groups is 1. The van der Waals surface area contributed by atoms with E-state index in [0.717, 1.165) is 23.0 Å². The SMILES string of the molecule is Cc1ccc(-n2nnc3c(S[C@@H](C)C(=O)O)ncnc32)cc1. The van der Waals surface area contributed by atoms with E-state index in [2.05, 4.69) is 20.3 Å². The van der Waals surface area contributed by atoms with Crippen molar-refractivity contribution in [2.45, 2.75) is 24.1 Å². The first-order valence-electron chi connectivity index (χ1n) is 6.59. The van der Waals surface area contributed by atoms with Gasteiger partial charge in [-0.05, 0) is 26.0 Å². The summed E-state index contributed by atoms with van der Waals surface area (Å²) in [6, 6.07) is 7.81. The highest BCUT2D eigenvalue weighted by Crippen LogP contribution is 2.27. The molecule has 0 amide bonds. The molecule has 1 aromatic carbocycles. The Balaban J connectivity index is 2.05. The van der Waals surface area contributed by atoms with E-state index in [1.165, 1.54) is 6.33 Å². The van der Waals surface area contributed by atoms with Gasteiger partial charge in [0.25, 0.3) is 0 Å². The smallest absolute Gasteiger partial charge is 0.316 e. The number of nitrogens with zero attached hydrogens (tertiary/aromatic N) is 5. The molecule has 0 aliphatic rings. The summed E-state index contributed by atoms with van der Waals surface area (Å²) in [5, 5.41) is 17.1. The first-order valence-corrected chi connectivity index (χ1v) is 7.47. The lowest BCUT2D eigenvalue weighted by Gasteiger charge is -2.05. The van der Waals surface area contributed by atoms with Crippen LogP contribution in [0.2, 0.25) is 0 Å². The summed E-state index contributed by atoms with van der Waals surface area (Å²) >= 11 is 1.13. The number of aliphatic carboxylic acids is 1. The van der Waals surface area contributed by atoms with E-state index in [1.54, 1.807) is 11.6 Å². The molecule has 0 aliphatic carbocycles. The summed E-state index contributed by atoms with van der Waals surface area (Å²) in [5.74, 6) is -0.900. The Bertz CT molecular complexity index is 831. The Morgan fingerprint density at radius 2 is 2.00 bits per heavy atom. The number of carbonyl (C=O) groups is 1. The second-order valence-electron chi connectivity index (χ2n) is 4.79. The molecule has 0 spiro atoms. The molecule has 1 N–H and O–H groups in total. The molecular weight excluding hydrogens is 302 g/mol. The van der Waals surface area contributed by atoms with Crippen LogP contribution in [0.4, 0.5) is 0 Å². The number of carboxylic acid groups (broad SMARTS) is 1. The van der Waals surface area contributed by atoms with Crippen molar-refractivity contribution in [1.29, 1.82) is 0 Å². The zero-order valence-electron chi connectivity index (χ0n) is 12.0. The van der Waals surface area contributed by atoms with Crippen molar-refractivity contribution in [1.82, 2.24) is 25.0 Å². The Morgan fingerprint density at radius 3 is 2.68 bits per heavy atom. The molecule has 0 aliphatic heterocycles. The molecule has 3 rings (SSSR count). The molecule has 1 atom stereocenters. The standard InChI is InChI=1S/C14H13N5O2S/c1-8-3-5-10(6-4-8)19-12-11(17-18-19)13(16-7-15-12)22-9(2)14(20)21/h3-7,9H,1-2H3,(H,20,21)/t9-/m0/s1. The second kappa shape index (κ2) is 5.72. The number of rotatable bonds is 4. The van der Waals surface area contributed by atoms with Crippen molar-refractivity contribution in [3.8, 4) is 5.69 Å². The van der Waals surface area contributed by atoms with Gasteiger partial charge in [0.1, 0.15) is 16.6 Å². The average Bonchev–Trinajstić information content (AvgIpc) is 2.93. The fourth-order valence-electron chi connectivity index (χ4n) is 1.89. The van der Waals surface area contributed by atoms with E-state index < -0.39 is 11.2 Å². The molecule has 8 heteroatoms. The van der Waals surface area contributed by atoms with Crippen LogP contribution in [0.5, 0.6) is 0 Å². The van der Waals surface area contributed by atoms with Crippen LogP contribution in [0.1, 0.15) is 12.5 Å². The lowest BCUT2D eigenvalue weighted by molar-refractivity contribution is -0.136. The molecule has 0 radical (unpaired) electrons. The summed E-state index contributed by atoms with van der Waals surface area (Å²) in [7, 11) is 0. The molecule has 0 bridgehead atoms. The molecule has 7 nitrogen and oxygen atoms in total. The van der Waals surface area contributed by atoms with Crippen LogP contribution in [-0.2, 0) is 4.79 Å². The maximum atomic E-state index is 11.0. The van der Waals surface area contributed by atoms with Crippen molar-refractivity contribution in [3.05, 3.63) is 36.2 Å². The molecular formula is C14H13N5O2S. The minimum atomic E-state index is -0.900. The molecule has 0 saturated carbocycles. The van der Waals surface area contributed by atoms with Gasteiger partial charge in [-0.25, -0.2) is 9.97 Å². The monoisotopic (exact) mass is 315 g/mol. The van der Waals surface area contributed by atoms with Crippen LogP contribution >= 0.6 is 11.8 Å². The number of carboxylic acids is 1. The summed E-state index contributed by atoms with van der Waals surface area (Å²) in [4.78, 5) is 19.3. The van der Waals surface area contributed by atoms with E-state index in [0.29, 0.717) is 16.2 Å². The van der Waals surface area contributed by atoms with Gasteiger partial charge < -0.3 is 5.11 Å². The quantitative estimate of drug-likeness (QED) is 0.582. The van der Waals surface area contributed by atoms with E-state index in [4.69, 9.17) is 5.11 Å². The number of fused-ring (bicyclic) bond motifs is 1. The van der Waals surface area contributed by atoms with Crippen molar-refractivity contribution in [2.24, 2.45) is 0 Å². The van der Waals surface area contributed by atoms with Gasteiger partial charge in [0.05, 0.1) is 5.69 Å². The summed E-state index contributed by atoms with van der Waals surface area (Å²) in [5.41, 5.74) is 3.04. The van der Waals surface area contributed by atoms with Crippen molar-refractivity contribution < 1.29 is 9.90 Å². The predicted octanol–water partition coefficient (Wildman–Crippen LogP) is 2.08. The minimum Gasteiger partial charge on any atom is -0.480 e. The molecule has 2 heterocycles. The second-order valence-corrected chi connectivity index (χ2v) is 6.12. The highest BCUT2D eigenvalue weighted by atomic mass is 32.2. The highest BCUT2D eigenvalue weighted by molar-refractivity contribution is 8.00. The van der Waals surface area contributed by atoms with Crippen molar-refractivity contribution >= 4 is 28.9 Å². The van der Waals surface area contributed by atoms with Gasteiger partial charge in [-0.2, -0.15) is 4.68 Å². The molecule has 0 unspecified atom stereocenters. The van der Waals surface area contributed by atoms with Crippen molar-refractivity contribution in [2.75, 3.05) is 0 Å². The predicted molar refractivity (Wildman–Crippen MR) is 82.1 cm³/mol. The number of hydrogen-bond acceptors (Lipinski definition) is 6. The van der Waals surface area contributed by atoms with Crippen LogP contribution < -0.4 is 0 Å². The van der Waals surface area contributed by atoms with Crippen LogP contribution in [0, 0.1) is 6.92 Å². The molecule has 112 valence electrons. The van der Waals surface area contributed by atoms with E-state index >= 15 is 0 Å². The number of benzene rings is 1. The zero-order valence-corrected chi connectivity index (χ0v) is 12.8. The fourth-order valence-corrected chi connectivity index (χ4v) is 2.68. The molecule has 22 heavy (non-hydrogen) atoms. The van der Waals surface area contributed by atoms with E-state index in [9.17, 15) is 4.79 Å².